The predicted molar refractivity (Wildman–Crippen MR) is 84.7 cm³/mol. The summed E-state index contributed by atoms with van der Waals surface area (Å²) in [5, 5.41) is 8.95. The number of aromatic nitrogens is 3. The third kappa shape index (κ3) is 6.24. The van der Waals surface area contributed by atoms with Crippen LogP contribution in [-0.4, -0.2) is 54.6 Å². The van der Waals surface area contributed by atoms with Gasteiger partial charge < -0.3 is 20.9 Å². The summed E-state index contributed by atoms with van der Waals surface area (Å²) in [6, 6.07) is 0. The molecule has 0 fully saturated rings. The van der Waals surface area contributed by atoms with Crippen molar-refractivity contribution in [3.8, 4) is 0 Å². The summed E-state index contributed by atoms with van der Waals surface area (Å²) in [5.41, 5.74) is 0. The summed E-state index contributed by atoms with van der Waals surface area (Å²) in [7, 11) is 3.74. The molecule has 1 amide bonds. The average Bonchev–Trinajstić information content (AvgIpc) is 2.45. The number of carbonyl (C=O) groups is 1. The summed E-state index contributed by atoms with van der Waals surface area (Å²) < 4.78 is 0. The third-order valence-corrected chi connectivity index (χ3v) is 2.57. The van der Waals surface area contributed by atoms with E-state index >= 15 is 0 Å². The highest BCUT2D eigenvalue weighted by Gasteiger charge is 2.08. The van der Waals surface area contributed by atoms with Crippen LogP contribution >= 0.6 is 0 Å². The van der Waals surface area contributed by atoms with Gasteiger partial charge in [-0.05, 0) is 13.3 Å². The van der Waals surface area contributed by atoms with Gasteiger partial charge in [0, 0.05) is 40.2 Å². The van der Waals surface area contributed by atoms with Crippen LogP contribution in [0.1, 0.15) is 26.7 Å². The van der Waals surface area contributed by atoms with Crippen molar-refractivity contribution in [3.05, 3.63) is 0 Å². The topological polar surface area (TPSA) is 95.1 Å². The van der Waals surface area contributed by atoms with Crippen LogP contribution < -0.4 is 20.9 Å². The highest BCUT2D eigenvalue weighted by molar-refractivity contribution is 5.76. The van der Waals surface area contributed by atoms with Crippen LogP contribution in [0.15, 0.2) is 0 Å². The molecule has 1 aromatic rings. The standard InChI is InChI=1S/C13H25N7O/c1-5-8-15-10(21)7-9-16-12-17-11(14-6-2)18-13(19-12)20(3)4/h5-9H2,1-4H3,(H,15,21)(H2,14,16,17,18,19). The average molecular weight is 295 g/mol. The summed E-state index contributed by atoms with van der Waals surface area (Å²) >= 11 is 0. The molecule has 118 valence electrons. The van der Waals surface area contributed by atoms with Crippen LogP contribution in [0.2, 0.25) is 0 Å². The molecule has 8 heteroatoms. The SMILES string of the molecule is CCCNC(=O)CCNc1nc(NCC)nc(N(C)C)n1. The van der Waals surface area contributed by atoms with Gasteiger partial charge in [0.15, 0.2) is 0 Å². The first-order chi connectivity index (χ1) is 10.1. The van der Waals surface area contributed by atoms with Gasteiger partial charge >= 0.3 is 0 Å². The third-order valence-electron chi connectivity index (χ3n) is 2.57. The second-order valence-corrected chi connectivity index (χ2v) is 4.73. The van der Waals surface area contributed by atoms with Gasteiger partial charge in [-0.3, -0.25) is 4.79 Å². The Balaban J connectivity index is 2.59. The van der Waals surface area contributed by atoms with Gasteiger partial charge in [-0.15, -0.1) is 0 Å². The van der Waals surface area contributed by atoms with Gasteiger partial charge in [-0.1, -0.05) is 6.92 Å². The monoisotopic (exact) mass is 295 g/mol. The molecule has 0 saturated carbocycles. The van der Waals surface area contributed by atoms with Crippen molar-refractivity contribution in [1.82, 2.24) is 20.3 Å². The fourth-order valence-corrected chi connectivity index (χ4v) is 1.52. The molecular weight excluding hydrogens is 270 g/mol. The van der Waals surface area contributed by atoms with Gasteiger partial charge in [0.1, 0.15) is 0 Å². The number of nitrogens with one attached hydrogen (secondary N) is 3. The number of rotatable bonds is 9. The molecule has 0 aliphatic carbocycles. The van der Waals surface area contributed by atoms with Crippen LogP contribution in [0.3, 0.4) is 0 Å². The van der Waals surface area contributed by atoms with E-state index in [-0.39, 0.29) is 5.91 Å². The molecule has 0 unspecified atom stereocenters. The Bertz CT molecular complexity index is 450. The van der Waals surface area contributed by atoms with Gasteiger partial charge in [-0.2, -0.15) is 15.0 Å². The quantitative estimate of drug-likeness (QED) is 0.617. The lowest BCUT2D eigenvalue weighted by atomic mass is 10.4. The smallest absolute Gasteiger partial charge is 0.231 e. The zero-order chi connectivity index (χ0) is 15.7. The second-order valence-electron chi connectivity index (χ2n) is 4.73. The molecule has 0 aliphatic heterocycles. The van der Waals surface area contributed by atoms with Crippen molar-refractivity contribution in [2.45, 2.75) is 26.7 Å². The molecule has 3 N–H and O–H groups in total. The maximum absolute atomic E-state index is 11.5. The molecule has 0 radical (unpaired) electrons. The lowest BCUT2D eigenvalue weighted by Gasteiger charge is -2.13. The van der Waals surface area contributed by atoms with Gasteiger partial charge in [0.05, 0.1) is 0 Å². The van der Waals surface area contributed by atoms with Crippen molar-refractivity contribution in [2.75, 3.05) is 49.3 Å². The fraction of sp³-hybridized carbons (Fsp3) is 0.692. The van der Waals surface area contributed by atoms with Gasteiger partial charge in [0.2, 0.25) is 23.8 Å². The van der Waals surface area contributed by atoms with E-state index in [1.807, 2.05) is 32.8 Å². The highest BCUT2D eigenvalue weighted by atomic mass is 16.1. The van der Waals surface area contributed by atoms with Crippen molar-refractivity contribution < 1.29 is 4.79 Å². The fourth-order valence-electron chi connectivity index (χ4n) is 1.52. The summed E-state index contributed by atoms with van der Waals surface area (Å²) in [6.45, 7) is 5.92. The molecule has 0 atom stereocenters. The molecule has 1 rings (SSSR count). The first-order valence-corrected chi connectivity index (χ1v) is 7.24. The Morgan fingerprint density at radius 1 is 1.05 bits per heavy atom. The number of carbonyl (C=O) groups excluding carboxylic acids is 1. The largest absolute Gasteiger partial charge is 0.356 e. The van der Waals surface area contributed by atoms with Crippen molar-refractivity contribution in [2.24, 2.45) is 0 Å². The van der Waals surface area contributed by atoms with Crippen LogP contribution in [0.25, 0.3) is 0 Å². The summed E-state index contributed by atoms with van der Waals surface area (Å²) in [4.78, 5) is 26.2. The van der Waals surface area contributed by atoms with E-state index in [1.54, 1.807) is 0 Å². The van der Waals surface area contributed by atoms with E-state index in [2.05, 4.69) is 30.9 Å². The zero-order valence-electron chi connectivity index (χ0n) is 13.2. The van der Waals surface area contributed by atoms with Crippen LogP contribution in [0.4, 0.5) is 17.8 Å². The van der Waals surface area contributed by atoms with E-state index in [9.17, 15) is 4.79 Å². The minimum Gasteiger partial charge on any atom is -0.356 e. The molecule has 0 bridgehead atoms. The van der Waals surface area contributed by atoms with Gasteiger partial charge in [-0.25, -0.2) is 0 Å². The van der Waals surface area contributed by atoms with Crippen LogP contribution in [0.5, 0.6) is 0 Å². The van der Waals surface area contributed by atoms with E-state index in [4.69, 9.17) is 0 Å². The van der Waals surface area contributed by atoms with Crippen molar-refractivity contribution >= 4 is 23.8 Å². The Labute approximate surface area is 125 Å². The van der Waals surface area contributed by atoms with Crippen molar-refractivity contribution in [1.29, 1.82) is 0 Å². The van der Waals surface area contributed by atoms with Crippen LogP contribution in [-0.2, 0) is 4.79 Å². The molecule has 8 nitrogen and oxygen atoms in total. The Morgan fingerprint density at radius 2 is 1.71 bits per heavy atom. The maximum Gasteiger partial charge on any atom is 0.231 e. The van der Waals surface area contributed by atoms with E-state index in [0.29, 0.717) is 37.4 Å². The van der Waals surface area contributed by atoms with Crippen molar-refractivity contribution in [3.63, 3.8) is 0 Å². The minimum absolute atomic E-state index is 0.0261. The number of hydrogen-bond acceptors (Lipinski definition) is 7. The Morgan fingerprint density at radius 3 is 2.29 bits per heavy atom. The lowest BCUT2D eigenvalue weighted by Crippen LogP contribution is -2.26. The Kier molecular flexibility index (Phi) is 7.20. The molecule has 0 spiro atoms. The minimum atomic E-state index is 0.0261. The lowest BCUT2D eigenvalue weighted by molar-refractivity contribution is -0.120. The maximum atomic E-state index is 11.5. The summed E-state index contributed by atoms with van der Waals surface area (Å²) in [5.74, 6) is 1.58. The number of hydrogen-bond donors (Lipinski definition) is 3. The predicted octanol–water partition coefficient (Wildman–Crippen LogP) is 0.698. The normalized spacial score (nSPS) is 10.1. The second kappa shape index (κ2) is 8.93. The number of amides is 1. The summed E-state index contributed by atoms with van der Waals surface area (Å²) in [6.07, 6.45) is 1.32. The Hall–Kier alpha value is -2.12. The molecule has 1 aromatic heterocycles. The van der Waals surface area contributed by atoms with Gasteiger partial charge in [0.25, 0.3) is 0 Å². The number of nitrogens with zero attached hydrogens (tertiary/aromatic N) is 4. The molecule has 0 saturated heterocycles. The van der Waals surface area contributed by atoms with E-state index in [1.165, 1.54) is 0 Å². The first kappa shape index (κ1) is 16.9. The first-order valence-electron chi connectivity index (χ1n) is 7.24. The van der Waals surface area contributed by atoms with Crippen LogP contribution in [0, 0.1) is 0 Å². The highest BCUT2D eigenvalue weighted by Crippen LogP contribution is 2.11. The zero-order valence-corrected chi connectivity index (χ0v) is 13.2. The number of anilines is 3. The van der Waals surface area contributed by atoms with E-state index < -0.39 is 0 Å². The van der Waals surface area contributed by atoms with E-state index in [0.717, 1.165) is 13.0 Å². The molecule has 1 heterocycles. The molecule has 0 aliphatic rings. The molecule has 0 aromatic carbocycles. The molecule has 21 heavy (non-hydrogen) atoms. The molecular formula is C13H25N7O.